The van der Waals surface area contributed by atoms with Gasteiger partial charge in [-0.1, -0.05) is 6.42 Å². The number of amides is 1. The summed E-state index contributed by atoms with van der Waals surface area (Å²) in [5, 5.41) is 17.1. The molecule has 1 fully saturated rings. The third-order valence-corrected chi connectivity index (χ3v) is 2.72. The number of nitrogens with two attached hydrogens (primary N) is 1. The van der Waals surface area contributed by atoms with E-state index in [4.69, 9.17) is 16.3 Å². The van der Waals surface area contributed by atoms with Gasteiger partial charge in [0.15, 0.2) is 0 Å². The summed E-state index contributed by atoms with van der Waals surface area (Å²) in [4.78, 5) is 13.2. The zero-order valence-electron chi connectivity index (χ0n) is 8.52. The van der Waals surface area contributed by atoms with Crippen LogP contribution in [0.5, 0.6) is 0 Å². The second kappa shape index (κ2) is 5.33. The van der Waals surface area contributed by atoms with Crippen molar-refractivity contribution in [1.82, 2.24) is 4.90 Å². The second-order valence-corrected chi connectivity index (χ2v) is 3.71. The third kappa shape index (κ3) is 2.68. The van der Waals surface area contributed by atoms with Crippen molar-refractivity contribution in [2.24, 2.45) is 11.7 Å². The average molecular weight is 206 g/mol. The van der Waals surface area contributed by atoms with Gasteiger partial charge in [-0.2, -0.15) is 10.5 Å². The van der Waals surface area contributed by atoms with Crippen LogP contribution in [0.25, 0.3) is 0 Å². The summed E-state index contributed by atoms with van der Waals surface area (Å²) in [5.41, 5.74) is 5.80. The Labute approximate surface area is 89.1 Å². The van der Waals surface area contributed by atoms with Crippen molar-refractivity contribution in [3.05, 3.63) is 0 Å². The summed E-state index contributed by atoms with van der Waals surface area (Å²) >= 11 is 0. The van der Waals surface area contributed by atoms with Crippen molar-refractivity contribution in [2.75, 3.05) is 13.1 Å². The summed E-state index contributed by atoms with van der Waals surface area (Å²) in [7, 11) is 0. The lowest BCUT2D eigenvalue weighted by Gasteiger charge is -2.22. The first-order valence-electron chi connectivity index (χ1n) is 4.99. The van der Waals surface area contributed by atoms with Gasteiger partial charge >= 0.3 is 0 Å². The van der Waals surface area contributed by atoms with Crippen molar-refractivity contribution >= 4 is 5.91 Å². The SMILES string of the molecule is N#CCN(CC#N)C(=O)C1CCCC1N. The molecule has 0 bridgehead atoms. The number of hydrogen-bond acceptors (Lipinski definition) is 4. The number of carbonyl (C=O) groups excluding carboxylic acids is 1. The highest BCUT2D eigenvalue weighted by Gasteiger charge is 2.33. The van der Waals surface area contributed by atoms with E-state index >= 15 is 0 Å². The fraction of sp³-hybridized carbons (Fsp3) is 0.700. The molecule has 2 unspecified atom stereocenters. The van der Waals surface area contributed by atoms with Crippen molar-refractivity contribution in [3.8, 4) is 12.1 Å². The molecule has 0 saturated heterocycles. The zero-order valence-corrected chi connectivity index (χ0v) is 8.52. The molecule has 1 aliphatic carbocycles. The molecule has 0 aromatic carbocycles. The largest absolute Gasteiger partial charge is 0.327 e. The molecular formula is C10H14N4O. The molecule has 5 nitrogen and oxygen atoms in total. The minimum atomic E-state index is -0.202. The lowest BCUT2D eigenvalue weighted by atomic mass is 10.0. The van der Waals surface area contributed by atoms with E-state index in [9.17, 15) is 4.79 Å². The Bertz CT molecular complexity index is 298. The predicted molar refractivity (Wildman–Crippen MR) is 53.1 cm³/mol. The van der Waals surface area contributed by atoms with Crippen LogP contribution in [0.2, 0.25) is 0 Å². The summed E-state index contributed by atoms with van der Waals surface area (Å²) < 4.78 is 0. The maximum Gasteiger partial charge on any atom is 0.228 e. The zero-order chi connectivity index (χ0) is 11.3. The van der Waals surface area contributed by atoms with E-state index in [0.717, 1.165) is 19.3 Å². The molecule has 80 valence electrons. The molecule has 1 amide bonds. The molecule has 15 heavy (non-hydrogen) atoms. The first-order valence-corrected chi connectivity index (χ1v) is 4.99. The Balaban J connectivity index is 2.64. The molecule has 2 atom stereocenters. The van der Waals surface area contributed by atoms with Gasteiger partial charge in [-0.25, -0.2) is 0 Å². The van der Waals surface area contributed by atoms with Gasteiger partial charge in [0.1, 0.15) is 13.1 Å². The van der Waals surface area contributed by atoms with Gasteiger partial charge in [0.05, 0.1) is 18.1 Å². The Morgan fingerprint density at radius 2 is 1.93 bits per heavy atom. The first kappa shape index (κ1) is 11.5. The van der Waals surface area contributed by atoms with Crippen LogP contribution in [0.3, 0.4) is 0 Å². The molecule has 0 heterocycles. The van der Waals surface area contributed by atoms with Crippen LogP contribution in [-0.2, 0) is 4.79 Å². The monoisotopic (exact) mass is 206 g/mol. The van der Waals surface area contributed by atoms with E-state index in [2.05, 4.69) is 0 Å². The lowest BCUT2D eigenvalue weighted by molar-refractivity contribution is -0.134. The maximum absolute atomic E-state index is 11.9. The van der Waals surface area contributed by atoms with Gasteiger partial charge in [-0.3, -0.25) is 4.79 Å². The topological polar surface area (TPSA) is 93.9 Å². The lowest BCUT2D eigenvalue weighted by Crippen LogP contribution is -2.42. The van der Waals surface area contributed by atoms with Crippen LogP contribution >= 0.6 is 0 Å². The highest BCUT2D eigenvalue weighted by Crippen LogP contribution is 2.25. The van der Waals surface area contributed by atoms with Crippen LogP contribution in [0.4, 0.5) is 0 Å². The van der Waals surface area contributed by atoms with E-state index in [1.54, 1.807) is 0 Å². The Hall–Kier alpha value is -1.59. The second-order valence-electron chi connectivity index (χ2n) is 3.71. The summed E-state index contributed by atoms with van der Waals surface area (Å²) in [6, 6.07) is 3.66. The minimum absolute atomic E-state index is 0.0321. The van der Waals surface area contributed by atoms with Crippen LogP contribution in [0.1, 0.15) is 19.3 Å². The molecule has 0 radical (unpaired) electrons. The fourth-order valence-electron chi connectivity index (χ4n) is 1.91. The van der Waals surface area contributed by atoms with E-state index < -0.39 is 0 Å². The normalized spacial score (nSPS) is 24.2. The van der Waals surface area contributed by atoms with Crippen molar-refractivity contribution in [1.29, 1.82) is 10.5 Å². The maximum atomic E-state index is 11.9. The van der Waals surface area contributed by atoms with Crippen LogP contribution < -0.4 is 5.73 Å². The van der Waals surface area contributed by atoms with Crippen LogP contribution in [0, 0.1) is 28.6 Å². The van der Waals surface area contributed by atoms with Crippen molar-refractivity contribution in [2.45, 2.75) is 25.3 Å². The quantitative estimate of drug-likeness (QED) is 0.657. The highest BCUT2D eigenvalue weighted by molar-refractivity contribution is 5.80. The smallest absolute Gasteiger partial charge is 0.228 e. The van der Waals surface area contributed by atoms with E-state index in [1.165, 1.54) is 4.90 Å². The van der Waals surface area contributed by atoms with Gasteiger partial charge in [0.2, 0.25) is 5.91 Å². The number of rotatable bonds is 3. The summed E-state index contributed by atoms with van der Waals surface area (Å²) in [5.74, 6) is -0.352. The van der Waals surface area contributed by atoms with Crippen LogP contribution in [-0.4, -0.2) is 29.9 Å². The van der Waals surface area contributed by atoms with E-state index in [0.29, 0.717) is 0 Å². The minimum Gasteiger partial charge on any atom is -0.327 e. The Kier molecular flexibility index (Phi) is 4.08. The number of nitriles is 2. The molecule has 1 rings (SSSR count). The van der Waals surface area contributed by atoms with Crippen molar-refractivity contribution in [3.63, 3.8) is 0 Å². The molecule has 0 aliphatic heterocycles. The van der Waals surface area contributed by atoms with E-state index in [-0.39, 0.29) is 31.0 Å². The Morgan fingerprint density at radius 1 is 1.33 bits per heavy atom. The van der Waals surface area contributed by atoms with Gasteiger partial charge in [-0.05, 0) is 12.8 Å². The summed E-state index contributed by atoms with van der Waals surface area (Å²) in [6.45, 7) is -0.0643. The van der Waals surface area contributed by atoms with Gasteiger partial charge in [0.25, 0.3) is 0 Å². The molecule has 0 aromatic heterocycles. The first-order chi connectivity index (χ1) is 7.20. The molecule has 0 spiro atoms. The van der Waals surface area contributed by atoms with Crippen LogP contribution in [0.15, 0.2) is 0 Å². The van der Waals surface area contributed by atoms with Gasteiger partial charge < -0.3 is 10.6 Å². The average Bonchev–Trinajstić information content (AvgIpc) is 2.63. The molecular weight excluding hydrogens is 192 g/mol. The molecule has 5 heteroatoms. The van der Waals surface area contributed by atoms with E-state index in [1.807, 2.05) is 12.1 Å². The third-order valence-electron chi connectivity index (χ3n) is 2.72. The number of hydrogen-bond donors (Lipinski definition) is 1. The van der Waals surface area contributed by atoms with Gasteiger partial charge in [0, 0.05) is 6.04 Å². The number of carbonyl (C=O) groups is 1. The predicted octanol–water partition coefficient (Wildman–Crippen LogP) is -0.0104. The Morgan fingerprint density at radius 3 is 2.33 bits per heavy atom. The number of nitrogens with zero attached hydrogens (tertiary/aromatic N) is 3. The molecule has 1 saturated carbocycles. The molecule has 0 aromatic rings. The summed E-state index contributed by atoms with van der Waals surface area (Å²) in [6.07, 6.45) is 2.57. The molecule has 2 N–H and O–H groups in total. The van der Waals surface area contributed by atoms with Gasteiger partial charge in [-0.15, -0.1) is 0 Å². The van der Waals surface area contributed by atoms with Crippen molar-refractivity contribution < 1.29 is 4.79 Å². The standard InChI is InChI=1S/C10H14N4O/c11-4-6-14(7-5-12)10(15)8-2-1-3-9(8)13/h8-9H,1-3,6-7,13H2. The fourth-order valence-corrected chi connectivity index (χ4v) is 1.91. The molecule has 1 aliphatic rings. The highest BCUT2D eigenvalue weighted by atomic mass is 16.2.